The maximum atomic E-state index is 12.1. The van der Waals surface area contributed by atoms with E-state index in [1.54, 1.807) is 0 Å². The minimum atomic E-state index is -0.299. The van der Waals surface area contributed by atoms with Gasteiger partial charge in [-0.25, -0.2) is 0 Å². The van der Waals surface area contributed by atoms with E-state index in [1.165, 1.54) is 11.8 Å². The molecule has 0 fully saturated rings. The van der Waals surface area contributed by atoms with Crippen LogP contribution in [0.5, 0.6) is 0 Å². The Bertz CT molecular complexity index is 944. The van der Waals surface area contributed by atoms with Gasteiger partial charge < -0.3 is 4.57 Å². The van der Waals surface area contributed by atoms with E-state index in [9.17, 15) is 9.59 Å². The first-order valence-electron chi connectivity index (χ1n) is 9.36. The van der Waals surface area contributed by atoms with Gasteiger partial charge in [0.15, 0.2) is 5.16 Å². The number of hydrogen-bond donors (Lipinski definition) is 2. The Morgan fingerprint density at radius 3 is 2.17 bits per heavy atom. The number of nitrogens with one attached hydrogen (secondary N) is 2. The number of hydrazine groups is 1. The predicted octanol–water partition coefficient (Wildman–Crippen LogP) is 2.37. The highest BCUT2D eigenvalue weighted by atomic mass is 32.2. The van der Waals surface area contributed by atoms with Gasteiger partial charge in [-0.3, -0.25) is 20.4 Å². The Hall–Kier alpha value is -3.13. The van der Waals surface area contributed by atoms with Crippen molar-refractivity contribution in [1.29, 1.82) is 0 Å². The lowest BCUT2D eigenvalue weighted by molar-refractivity contribution is -0.127. The van der Waals surface area contributed by atoms with E-state index in [2.05, 4.69) is 21.0 Å². The summed E-state index contributed by atoms with van der Waals surface area (Å²) in [7, 11) is 0. The number of hydrogen-bond acceptors (Lipinski definition) is 5. The van der Waals surface area contributed by atoms with E-state index in [0.717, 1.165) is 17.0 Å². The summed E-state index contributed by atoms with van der Waals surface area (Å²) in [6, 6.07) is 19.4. The number of thioether (sulfide) groups is 1. The molecule has 29 heavy (non-hydrogen) atoms. The second-order valence-electron chi connectivity index (χ2n) is 6.35. The van der Waals surface area contributed by atoms with E-state index in [4.69, 9.17) is 0 Å². The van der Waals surface area contributed by atoms with Crippen molar-refractivity contribution in [3.63, 3.8) is 0 Å². The lowest BCUT2D eigenvalue weighted by Crippen LogP contribution is -2.43. The summed E-state index contributed by atoms with van der Waals surface area (Å²) in [4.78, 5) is 24.0. The molecule has 0 radical (unpaired) electrons. The third kappa shape index (κ3) is 6.18. The van der Waals surface area contributed by atoms with Gasteiger partial charge in [-0.2, -0.15) is 0 Å². The summed E-state index contributed by atoms with van der Waals surface area (Å²) < 4.78 is 2.00. The van der Waals surface area contributed by atoms with Gasteiger partial charge in [0, 0.05) is 13.0 Å². The largest absolute Gasteiger partial charge is 0.306 e. The van der Waals surface area contributed by atoms with E-state index in [-0.39, 0.29) is 24.0 Å². The normalized spacial score (nSPS) is 10.5. The SMILES string of the molecule is CCn1c(Cc2ccccc2)nnc1SCC(=O)NNC(=O)Cc1ccccc1. The van der Waals surface area contributed by atoms with Crippen LogP contribution in [0.15, 0.2) is 65.8 Å². The third-order valence-electron chi connectivity index (χ3n) is 4.20. The second-order valence-corrected chi connectivity index (χ2v) is 7.30. The highest BCUT2D eigenvalue weighted by Gasteiger charge is 2.14. The second kappa shape index (κ2) is 10.4. The van der Waals surface area contributed by atoms with Crippen LogP contribution in [0.3, 0.4) is 0 Å². The van der Waals surface area contributed by atoms with Crippen molar-refractivity contribution >= 4 is 23.6 Å². The zero-order valence-corrected chi connectivity index (χ0v) is 17.0. The highest BCUT2D eigenvalue weighted by Crippen LogP contribution is 2.18. The van der Waals surface area contributed by atoms with Gasteiger partial charge in [-0.05, 0) is 18.1 Å². The predicted molar refractivity (Wildman–Crippen MR) is 112 cm³/mol. The Labute approximate surface area is 173 Å². The van der Waals surface area contributed by atoms with Crippen LogP contribution in [0.25, 0.3) is 0 Å². The number of carbonyl (C=O) groups excluding carboxylic acids is 2. The number of amides is 2. The number of benzene rings is 2. The van der Waals surface area contributed by atoms with Crippen molar-refractivity contribution in [1.82, 2.24) is 25.6 Å². The fraction of sp³-hybridized carbons (Fsp3) is 0.238. The van der Waals surface area contributed by atoms with Crippen LogP contribution in [-0.4, -0.2) is 32.3 Å². The molecule has 150 valence electrons. The molecule has 0 saturated heterocycles. The standard InChI is InChI=1S/C21H23N5O2S/c1-2-26-18(13-16-9-5-3-6-10-16)22-25-21(26)29-15-20(28)24-23-19(27)14-17-11-7-4-8-12-17/h3-12H,2,13-15H2,1H3,(H,23,27)(H,24,28). The van der Waals surface area contributed by atoms with Crippen molar-refractivity contribution in [3.05, 3.63) is 77.6 Å². The fourth-order valence-electron chi connectivity index (χ4n) is 2.78. The summed E-state index contributed by atoms with van der Waals surface area (Å²) in [6.45, 7) is 2.73. The fourth-order valence-corrected chi connectivity index (χ4v) is 3.60. The van der Waals surface area contributed by atoms with Crippen molar-refractivity contribution in [2.45, 2.75) is 31.5 Å². The average Bonchev–Trinajstić information content (AvgIpc) is 3.13. The monoisotopic (exact) mass is 409 g/mol. The van der Waals surface area contributed by atoms with Gasteiger partial charge in [-0.1, -0.05) is 72.4 Å². The zero-order valence-electron chi connectivity index (χ0n) is 16.2. The molecule has 2 amide bonds. The van der Waals surface area contributed by atoms with Gasteiger partial charge in [-0.15, -0.1) is 10.2 Å². The van der Waals surface area contributed by atoms with Gasteiger partial charge in [0.05, 0.1) is 12.2 Å². The van der Waals surface area contributed by atoms with Crippen LogP contribution in [-0.2, 0) is 29.0 Å². The quantitative estimate of drug-likeness (QED) is 0.440. The lowest BCUT2D eigenvalue weighted by atomic mass is 10.1. The van der Waals surface area contributed by atoms with Crippen LogP contribution in [0.2, 0.25) is 0 Å². The van der Waals surface area contributed by atoms with Crippen LogP contribution >= 0.6 is 11.8 Å². The van der Waals surface area contributed by atoms with Crippen LogP contribution < -0.4 is 10.9 Å². The molecule has 0 atom stereocenters. The minimum absolute atomic E-state index is 0.134. The molecule has 1 aromatic heterocycles. The molecule has 0 bridgehead atoms. The Morgan fingerprint density at radius 1 is 0.897 bits per heavy atom. The molecule has 0 aliphatic rings. The summed E-state index contributed by atoms with van der Waals surface area (Å²) in [5.74, 6) is 0.426. The summed E-state index contributed by atoms with van der Waals surface area (Å²) >= 11 is 1.29. The van der Waals surface area contributed by atoms with Crippen molar-refractivity contribution in [2.75, 3.05) is 5.75 Å². The Kier molecular flexibility index (Phi) is 7.40. The number of carbonyl (C=O) groups is 2. The first-order valence-corrected chi connectivity index (χ1v) is 10.3. The molecule has 0 saturated carbocycles. The van der Waals surface area contributed by atoms with Crippen molar-refractivity contribution in [3.8, 4) is 0 Å². The molecule has 7 nitrogen and oxygen atoms in total. The number of aromatic nitrogens is 3. The molecular formula is C21H23N5O2S. The summed E-state index contributed by atoms with van der Waals surface area (Å²) in [6.07, 6.45) is 0.894. The molecule has 8 heteroatoms. The molecule has 0 aliphatic carbocycles. The van der Waals surface area contributed by atoms with Crippen molar-refractivity contribution in [2.24, 2.45) is 0 Å². The van der Waals surface area contributed by atoms with Gasteiger partial charge in [0.1, 0.15) is 5.82 Å². The third-order valence-corrected chi connectivity index (χ3v) is 5.16. The molecule has 2 aromatic carbocycles. The molecule has 0 unspecified atom stereocenters. The summed E-state index contributed by atoms with van der Waals surface area (Å²) in [5.41, 5.74) is 6.92. The average molecular weight is 410 g/mol. The van der Waals surface area contributed by atoms with Gasteiger partial charge in [0.25, 0.3) is 0 Å². The summed E-state index contributed by atoms with van der Waals surface area (Å²) in [5, 5.41) is 9.17. The Morgan fingerprint density at radius 2 is 1.52 bits per heavy atom. The van der Waals surface area contributed by atoms with E-state index < -0.39 is 0 Å². The number of rotatable bonds is 8. The first kappa shape index (κ1) is 20.6. The van der Waals surface area contributed by atoms with Crippen LogP contribution in [0, 0.1) is 0 Å². The molecule has 0 aliphatic heterocycles. The van der Waals surface area contributed by atoms with Gasteiger partial charge in [0.2, 0.25) is 11.8 Å². The van der Waals surface area contributed by atoms with E-state index in [1.807, 2.05) is 72.2 Å². The zero-order chi connectivity index (χ0) is 20.5. The van der Waals surface area contributed by atoms with Crippen molar-refractivity contribution < 1.29 is 9.59 Å². The topological polar surface area (TPSA) is 88.9 Å². The lowest BCUT2D eigenvalue weighted by Gasteiger charge is -2.09. The first-order chi connectivity index (χ1) is 14.2. The van der Waals surface area contributed by atoms with E-state index in [0.29, 0.717) is 18.1 Å². The molecule has 3 aromatic rings. The molecule has 2 N–H and O–H groups in total. The molecule has 3 rings (SSSR count). The number of nitrogens with zero attached hydrogens (tertiary/aromatic N) is 3. The van der Waals surface area contributed by atoms with E-state index >= 15 is 0 Å². The highest BCUT2D eigenvalue weighted by molar-refractivity contribution is 7.99. The molecule has 0 spiro atoms. The smallest absolute Gasteiger partial charge is 0.248 e. The van der Waals surface area contributed by atoms with Crippen LogP contribution in [0.4, 0.5) is 0 Å². The molecule has 1 heterocycles. The van der Waals surface area contributed by atoms with Gasteiger partial charge >= 0.3 is 0 Å². The minimum Gasteiger partial charge on any atom is -0.306 e. The van der Waals surface area contributed by atoms with Crippen LogP contribution in [0.1, 0.15) is 23.9 Å². The maximum absolute atomic E-state index is 12.1. The molecular weight excluding hydrogens is 386 g/mol. The maximum Gasteiger partial charge on any atom is 0.248 e. The Balaban J connectivity index is 1.48.